The van der Waals surface area contributed by atoms with Gasteiger partial charge < -0.3 is 14.5 Å². The molecule has 27 heavy (non-hydrogen) atoms. The van der Waals surface area contributed by atoms with Gasteiger partial charge in [0.15, 0.2) is 0 Å². The van der Waals surface area contributed by atoms with Gasteiger partial charge in [0.05, 0.1) is 17.7 Å². The lowest BCUT2D eigenvalue weighted by molar-refractivity contribution is 0.0735. The summed E-state index contributed by atoms with van der Waals surface area (Å²) in [5.41, 5.74) is 2.56. The van der Waals surface area contributed by atoms with Crippen LogP contribution in [0.1, 0.15) is 10.5 Å². The van der Waals surface area contributed by atoms with Gasteiger partial charge in [0.2, 0.25) is 0 Å². The maximum Gasteiger partial charge on any atom is 0.272 e. The zero-order valence-electron chi connectivity index (χ0n) is 15.5. The Bertz CT molecular complexity index is 927. The number of thiophene rings is 1. The molecule has 0 N–H and O–H groups in total. The molecule has 1 aliphatic rings. The largest absolute Gasteiger partial charge is 0.495 e. The summed E-state index contributed by atoms with van der Waals surface area (Å²) in [7, 11) is 3.52. The zero-order valence-corrected chi connectivity index (χ0v) is 16.3. The Hall–Kier alpha value is -2.80. The standard InChI is InChI=1S/C20H22N4O2S/c1-22-17(14-15(21-22)19-8-5-13-27-19)20(25)24-11-9-23(10-12-24)16-6-3-4-7-18(16)26-2/h3-8,13-14H,9-12H2,1-2H3. The van der Waals surface area contributed by atoms with E-state index in [9.17, 15) is 4.79 Å². The van der Waals surface area contributed by atoms with E-state index in [1.165, 1.54) is 0 Å². The van der Waals surface area contributed by atoms with Crippen molar-refractivity contribution in [3.63, 3.8) is 0 Å². The third-order valence-electron chi connectivity index (χ3n) is 4.87. The number of amides is 1. The number of hydrogen-bond donors (Lipinski definition) is 0. The van der Waals surface area contributed by atoms with Gasteiger partial charge in [0.1, 0.15) is 17.1 Å². The molecule has 1 aromatic carbocycles. The predicted molar refractivity (Wildman–Crippen MR) is 108 cm³/mol. The fourth-order valence-corrected chi connectivity index (χ4v) is 4.10. The number of rotatable bonds is 4. The SMILES string of the molecule is COc1ccccc1N1CCN(C(=O)c2cc(-c3cccs3)nn2C)CC1. The molecule has 1 amide bonds. The van der Waals surface area contributed by atoms with Crippen molar-refractivity contribution >= 4 is 22.9 Å². The van der Waals surface area contributed by atoms with Crippen molar-refractivity contribution in [2.45, 2.75) is 0 Å². The van der Waals surface area contributed by atoms with Crippen molar-refractivity contribution in [2.24, 2.45) is 7.05 Å². The first-order valence-corrected chi connectivity index (χ1v) is 9.80. The average molecular weight is 382 g/mol. The van der Waals surface area contributed by atoms with Gasteiger partial charge in [-0.2, -0.15) is 5.10 Å². The molecule has 1 fully saturated rings. The second-order valence-corrected chi connectivity index (χ2v) is 7.41. The van der Waals surface area contributed by atoms with Crippen LogP contribution in [0.25, 0.3) is 10.6 Å². The Labute approximate surface area is 162 Å². The third kappa shape index (κ3) is 3.42. The minimum Gasteiger partial charge on any atom is -0.495 e. The van der Waals surface area contributed by atoms with Gasteiger partial charge in [-0.3, -0.25) is 9.48 Å². The number of carbonyl (C=O) groups excluding carboxylic acids is 1. The average Bonchev–Trinajstić information content (AvgIpc) is 3.37. The van der Waals surface area contributed by atoms with Crippen LogP contribution in [0.3, 0.4) is 0 Å². The van der Waals surface area contributed by atoms with Gasteiger partial charge in [0.25, 0.3) is 5.91 Å². The lowest BCUT2D eigenvalue weighted by Crippen LogP contribution is -2.49. The Kier molecular flexibility index (Phi) is 4.85. The van der Waals surface area contributed by atoms with E-state index in [1.54, 1.807) is 23.1 Å². The van der Waals surface area contributed by atoms with E-state index in [0.29, 0.717) is 18.8 Å². The van der Waals surface area contributed by atoms with Gasteiger partial charge in [-0.05, 0) is 29.6 Å². The lowest BCUT2D eigenvalue weighted by Gasteiger charge is -2.36. The number of benzene rings is 1. The predicted octanol–water partition coefficient (Wildman–Crippen LogP) is 3.12. The van der Waals surface area contributed by atoms with Gasteiger partial charge in [0, 0.05) is 33.2 Å². The van der Waals surface area contributed by atoms with Gasteiger partial charge in [-0.25, -0.2) is 0 Å². The van der Waals surface area contributed by atoms with E-state index in [1.807, 2.05) is 53.7 Å². The Morgan fingerprint density at radius 1 is 1.11 bits per heavy atom. The van der Waals surface area contributed by atoms with Crippen LogP contribution < -0.4 is 9.64 Å². The highest BCUT2D eigenvalue weighted by atomic mass is 32.1. The van der Waals surface area contributed by atoms with Crippen molar-refractivity contribution < 1.29 is 9.53 Å². The molecule has 7 heteroatoms. The first kappa shape index (κ1) is 17.6. The summed E-state index contributed by atoms with van der Waals surface area (Å²) in [6, 6.07) is 13.9. The number of anilines is 1. The minimum atomic E-state index is 0.0347. The molecular formula is C20H22N4O2S. The summed E-state index contributed by atoms with van der Waals surface area (Å²) in [4.78, 5) is 18.2. The molecule has 0 bridgehead atoms. The Balaban J connectivity index is 1.46. The van der Waals surface area contributed by atoms with E-state index < -0.39 is 0 Å². The highest BCUT2D eigenvalue weighted by Crippen LogP contribution is 2.29. The molecular weight excluding hydrogens is 360 g/mol. The van der Waals surface area contributed by atoms with Gasteiger partial charge in [-0.1, -0.05) is 18.2 Å². The number of methoxy groups -OCH3 is 1. The van der Waals surface area contributed by atoms with Crippen molar-refractivity contribution in [1.29, 1.82) is 0 Å². The number of ether oxygens (including phenoxy) is 1. The normalized spacial score (nSPS) is 14.4. The molecule has 6 nitrogen and oxygen atoms in total. The number of nitrogens with zero attached hydrogens (tertiary/aromatic N) is 4. The molecule has 3 heterocycles. The van der Waals surface area contributed by atoms with E-state index in [4.69, 9.17) is 4.74 Å². The maximum absolute atomic E-state index is 13.0. The van der Waals surface area contributed by atoms with Gasteiger partial charge >= 0.3 is 0 Å². The maximum atomic E-state index is 13.0. The van der Waals surface area contributed by atoms with Crippen LogP contribution in [0, 0.1) is 0 Å². The molecule has 0 radical (unpaired) electrons. The van der Waals surface area contributed by atoms with Crippen molar-refractivity contribution in [1.82, 2.24) is 14.7 Å². The molecule has 1 aliphatic heterocycles. The van der Waals surface area contributed by atoms with Crippen LogP contribution in [0.15, 0.2) is 47.8 Å². The van der Waals surface area contributed by atoms with E-state index in [-0.39, 0.29) is 5.91 Å². The summed E-state index contributed by atoms with van der Waals surface area (Å²) in [5.74, 6) is 0.900. The van der Waals surface area contributed by atoms with Crippen LogP contribution >= 0.6 is 11.3 Å². The van der Waals surface area contributed by atoms with Crippen LogP contribution in [0.5, 0.6) is 5.75 Å². The van der Waals surface area contributed by atoms with E-state index in [2.05, 4.69) is 16.1 Å². The highest BCUT2D eigenvalue weighted by molar-refractivity contribution is 7.13. The molecule has 2 aromatic heterocycles. The quantitative estimate of drug-likeness (QED) is 0.696. The Morgan fingerprint density at radius 3 is 2.59 bits per heavy atom. The summed E-state index contributed by atoms with van der Waals surface area (Å²) in [5, 5.41) is 6.52. The number of aromatic nitrogens is 2. The van der Waals surface area contributed by atoms with Crippen molar-refractivity contribution in [2.75, 3.05) is 38.2 Å². The second-order valence-electron chi connectivity index (χ2n) is 6.47. The first-order valence-electron chi connectivity index (χ1n) is 8.92. The Morgan fingerprint density at radius 2 is 1.89 bits per heavy atom. The fraction of sp³-hybridized carbons (Fsp3) is 0.300. The zero-order chi connectivity index (χ0) is 18.8. The topological polar surface area (TPSA) is 50.6 Å². The lowest BCUT2D eigenvalue weighted by atomic mass is 10.2. The summed E-state index contributed by atoms with van der Waals surface area (Å²) < 4.78 is 7.15. The number of aryl methyl sites for hydroxylation is 1. The number of hydrogen-bond acceptors (Lipinski definition) is 5. The molecule has 0 saturated carbocycles. The molecule has 0 spiro atoms. The van der Waals surface area contributed by atoms with Crippen LogP contribution in [-0.4, -0.2) is 53.9 Å². The summed E-state index contributed by atoms with van der Waals surface area (Å²) >= 11 is 1.63. The second kappa shape index (κ2) is 7.44. The van der Waals surface area contributed by atoms with Crippen LogP contribution in [-0.2, 0) is 7.05 Å². The smallest absolute Gasteiger partial charge is 0.272 e. The van der Waals surface area contributed by atoms with E-state index >= 15 is 0 Å². The first-order chi connectivity index (χ1) is 13.2. The number of para-hydroxylation sites is 2. The molecule has 1 saturated heterocycles. The fourth-order valence-electron chi connectivity index (χ4n) is 3.42. The third-order valence-corrected chi connectivity index (χ3v) is 5.76. The van der Waals surface area contributed by atoms with Crippen molar-refractivity contribution in [3.8, 4) is 16.3 Å². The molecule has 4 rings (SSSR count). The number of carbonyl (C=O) groups is 1. The van der Waals surface area contributed by atoms with Gasteiger partial charge in [-0.15, -0.1) is 11.3 Å². The van der Waals surface area contributed by atoms with Crippen LogP contribution in [0.4, 0.5) is 5.69 Å². The molecule has 0 atom stereocenters. The molecule has 0 aliphatic carbocycles. The number of piperazine rings is 1. The molecule has 0 unspecified atom stereocenters. The van der Waals surface area contributed by atoms with Crippen molar-refractivity contribution in [3.05, 3.63) is 53.5 Å². The monoisotopic (exact) mass is 382 g/mol. The molecule has 3 aromatic rings. The highest BCUT2D eigenvalue weighted by Gasteiger charge is 2.26. The summed E-state index contributed by atoms with van der Waals surface area (Å²) in [6.45, 7) is 2.91. The summed E-state index contributed by atoms with van der Waals surface area (Å²) in [6.07, 6.45) is 0. The van der Waals surface area contributed by atoms with Crippen LogP contribution in [0.2, 0.25) is 0 Å². The minimum absolute atomic E-state index is 0.0347. The van der Waals surface area contributed by atoms with E-state index in [0.717, 1.165) is 35.1 Å². The molecule has 140 valence electrons.